The molecule has 1 aromatic heterocycles. The van der Waals surface area contributed by atoms with E-state index in [1.54, 1.807) is 13.2 Å². The molecule has 0 saturated heterocycles. The van der Waals surface area contributed by atoms with E-state index in [1.807, 2.05) is 25.1 Å². The third kappa shape index (κ3) is 3.61. The molecule has 0 aliphatic rings. The summed E-state index contributed by atoms with van der Waals surface area (Å²) < 4.78 is 11.0. The van der Waals surface area contributed by atoms with Gasteiger partial charge in [-0.15, -0.1) is 0 Å². The second-order valence-electron chi connectivity index (χ2n) is 4.59. The molecule has 2 aromatic rings. The lowest BCUT2D eigenvalue weighted by molar-refractivity contribution is 0.406. The van der Waals surface area contributed by atoms with E-state index in [0.29, 0.717) is 23.3 Å². The van der Waals surface area contributed by atoms with Crippen LogP contribution in [0, 0.1) is 6.92 Å². The summed E-state index contributed by atoms with van der Waals surface area (Å²) in [7, 11) is 1.62. The Bertz CT molecular complexity index is 617. The van der Waals surface area contributed by atoms with Crippen LogP contribution in [0.5, 0.6) is 17.4 Å². The molecule has 0 radical (unpaired) electrons. The van der Waals surface area contributed by atoms with Crippen LogP contribution in [0.1, 0.15) is 24.7 Å². The van der Waals surface area contributed by atoms with Crippen LogP contribution >= 0.6 is 0 Å². The Labute approximate surface area is 124 Å². The second kappa shape index (κ2) is 6.90. The number of rotatable bonds is 6. The summed E-state index contributed by atoms with van der Waals surface area (Å²) in [6.45, 7) is 3.93. The highest BCUT2D eigenvalue weighted by molar-refractivity contribution is 5.49. The maximum atomic E-state index is 5.85. The highest BCUT2D eigenvalue weighted by Crippen LogP contribution is 2.28. The molecule has 0 aliphatic heterocycles. The minimum atomic E-state index is 0.495. The van der Waals surface area contributed by atoms with Gasteiger partial charge in [0.05, 0.1) is 12.7 Å². The minimum Gasteiger partial charge on any atom is -0.497 e. The summed E-state index contributed by atoms with van der Waals surface area (Å²) in [4.78, 5) is 8.82. The van der Waals surface area contributed by atoms with Gasteiger partial charge in [0.1, 0.15) is 23.1 Å². The zero-order chi connectivity index (χ0) is 15.2. The second-order valence-corrected chi connectivity index (χ2v) is 4.59. The quantitative estimate of drug-likeness (QED) is 0.628. The van der Waals surface area contributed by atoms with Crippen LogP contribution in [-0.4, -0.2) is 17.1 Å². The first-order valence-electron chi connectivity index (χ1n) is 6.84. The average molecular weight is 288 g/mol. The molecular weight excluding hydrogens is 268 g/mol. The largest absolute Gasteiger partial charge is 0.497 e. The number of hydrogen-bond donors (Lipinski definition) is 2. The Balaban J connectivity index is 2.35. The average Bonchev–Trinajstić information content (AvgIpc) is 2.50. The zero-order valence-corrected chi connectivity index (χ0v) is 12.5. The first-order chi connectivity index (χ1) is 10.2. The van der Waals surface area contributed by atoms with Gasteiger partial charge in [-0.1, -0.05) is 13.0 Å². The number of hydrazine groups is 1. The first-order valence-corrected chi connectivity index (χ1v) is 6.84. The Morgan fingerprint density at radius 1 is 1.24 bits per heavy atom. The minimum absolute atomic E-state index is 0.495. The smallest absolute Gasteiger partial charge is 0.227 e. The molecule has 0 atom stereocenters. The van der Waals surface area contributed by atoms with Gasteiger partial charge < -0.3 is 14.9 Å². The summed E-state index contributed by atoms with van der Waals surface area (Å²) in [5, 5.41) is 0. The normalized spacial score (nSPS) is 10.3. The number of anilines is 1. The lowest BCUT2D eigenvalue weighted by Crippen LogP contribution is -2.13. The van der Waals surface area contributed by atoms with Crippen molar-refractivity contribution in [3.63, 3.8) is 0 Å². The van der Waals surface area contributed by atoms with Gasteiger partial charge in [0.2, 0.25) is 5.88 Å². The van der Waals surface area contributed by atoms with Gasteiger partial charge in [-0.2, -0.15) is 4.98 Å². The third-order valence-corrected chi connectivity index (χ3v) is 3.01. The van der Waals surface area contributed by atoms with Gasteiger partial charge in [-0.25, -0.2) is 10.8 Å². The van der Waals surface area contributed by atoms with Gasteiger partial charge in [0.15, 0.2) is 0 Å². The Morgan fingerprint density at radius 2 is 2.00 bits per heavy atom. The highest BCUT2D eigenvalue weighted by atomic mass is 16.5. The molecule has 21 heavy (non-hydrogen) atoms. The zero-order valence-electron chi connectivity index (χ0n) is 12.5. The van der Waals surface area contributed by atoms with Crippen molar-refractivity contribution >= 4 is 5.82 Å². The van der Waals surface area contributed by atoms with Crippen LogP contribution in [0.4, 0.5) is 5.82 Å². The van der Waals surface area contributed by atoms with Crippen molar-refractivity contribution in [3.8, 4) is 17.4 Å². The van der Waals surface area contributed by atoms with Crippen LogP contribution in [0.15, 0.2) is 24.3 Å². The van der Waals surface area contributed by atoms with E-state index >= 15 is 0 Å². The predicted octanol–water partition coefficient (Wildman–Crippen LogP) is 2.82. The number of benzene rings is 1. The molecular formula is C15H20N4O2. The molecule has 0 saturated carbocycles. The lowest BCUT2D eigenvalue weighted by atomic mass is 10.2. The van der Waals surface area contributed by atoms with E-state index in [4.69, 9.17) is 15.3 Å². The monoisotopic (exact) mass is 288 g/mol. The number of hydrogen-bond acceptors (Lipinski definition) is 6. The Morgan fingerprint density at radius 3 is 2.67 bits per heavy atom. The van der Waals surface area contributed by atoms with Crippen LogP contribution in [0.25, 0.3) is 0 Å². The van der Waals surface area contributed by atoms with E-state index in [-0.39, 0.29) is 0 Å². The number of nitrogens with zero attached hydrogens (tertiary/aromatic N) is 2. The number of methoxy groups -OCH3 is 1. The van der Waals surface area contributed by atoms with E-state index in [1.165, 1.54) is 0 Å². The number of ether oxygens (including phenoxy) is 2. The maximum Gasteiger partial charge on any atom is 0.227 e. The predicted molar refractivity (Wildman–Crippen MR) is 81.6 cm³/mol. The lowest BCUT2D eigenvalue weighted by Gasteiger charge is -2.13. The van der Waals surface area contributed by atoms with Gasteiger partial charge in [0.25, 0.3) is 0 Å². The molecule has 112 valence electrons. The Kier molecular flexibility index (Phi) is 4.94. The van der Waals surface area contributed by atoms with Crippen molar-refractivity contribution in [2.45, 2.75) is 26.7 Å². The fourth-order valence-electron chi connectivity index (χ4n) is 1.89. The Hall–Kier alpha value is -2.34. The van der Waals surface area contributed by atoms with Crippen LogP contribution < -0.4 is 20.7 Å². The van der Waals surface area contributed by atoms with Gasteiger partial charge in [0, 0.05) is 12.5 Å². The van der Waals surface area contributed by atoms with Crippen LogP contribution in [-0.2, 0) is 6.42 Å². The van der Waals surface area contributed by atoms with Crippen molar-refractivity contribution in [1.82, 2.24) is 9.97 Å². The number of aryl methyl sites for hydroxylation is 1. The van der Waals surface area contributed by atoms with Crippen molar-refractivity contribution < 1.29 is 9.47 Å². The van der Waals surface area contributed by atoms with E-state index in [0.717, 1.165) is 24.2 Å². The molecule has 0 amide bonds. The van der Waals surface area contributed by atoms with Gasteiger partial charge in [-0.05, 0) is 25.5 Å². The van der Waals surface area contributed by atoms with Crippen LogP contribution in [0.3, 0.4) is 0 Å². The fraction of sp³-hybridized carbons (Fsp3) is 0.333. The topological polar surface area (TPSA) is 82.3 Å². The first kappa shape index (κ1) is 15.1. The maximum absolute atomic E-state index is 5.85. The van der Waals surface area contributed by atoms with Gasteiger partial charge >= 0.3 is 0 Å². The van der Waals surface area contributed by atoms with Crippen molar-refractivity contribution in [2.75, 3.05) is 12.5 Å². The molecule has 1 aromatic carbocycles. The number of nitrogens with one attached hydrogen (secondary N) is 1. The summed E-state index contributed by atoms with van der Waals surface area (Å²) in [6, 6.07) is 7.37. The highest BCUT2D eigenvalue weighted by Gasteiger charge is 2.12. The SMILES string of the molecule is CCCc1nc(NN)c(C)c(Oc2cccc(OC)c2)n1. The van der Waals surface area contributed by atoms with Crippen molar-refractivity contribution in [2.24, 2.45) is 5.84 Å². The van der Waals surface area contributed by atoms with E-state index < -0.39 is 0 Å². The summed E-state index contributed by atoms with van der Waals surface area (Å²) in [5.41, 5.74) is 3.35. The molecule has 0 fully saturated rings. The summed E-state index contributed by atoms with van der Waals surface area (Å²) in [6.07, 6.45) is 1.72. The molecule has 6 heteroatoms. The molecule has 3 N–H and O–H groups in total. The van der Waals surface area contributed by atoms with Crippen LogP contribution in [0.2, 0.25) is 0 Å². The van der Waals surface area contributed by atoms with Crippen molar-refractivity contribution in [3.05, 3.63) is 35.7 Å². The number of nitrogen functional groups attached to an aromatic ring is 1. The molecule has 0 spiro atoms. The number of nitrogens with two attached hydrogens (primary N) is 1. The van der Waals surface area contributed by atoms with E-state index in [9.17, 15) is 0 Å². The standard InChI is InChI=1S/C15H20N4O2/c1-4-6-13-17-14(19-16)10(2)15(18-13)21-12-8-5-7-11(9-12)20-3/h5,7-9H,4,6,16H2,1-3H3,(H,17,18,19). The fourth-order valence-corrected chi connectivity index (χ4v) is 1.89. The molecule has 0 aliphatic carbocycles. The molecule has 0 unspecified atom stereocenters. The number of aromatic nitrogens is 2. The van der Waals surface area contributed by atoms with E-state index in [2.05, 4.69) is 22.3 Å². The third-order valence-electron chi connectivity index (χ3n) is 3.01. The molecule has 1 heterocycles. The molecule has 6 nitrogen and oxygen atoms in total. The summed E-state index contributed by atoms with van der Waals surface area (Å²) >= 11 is 0. The van der Waals surface area contributed by atoms with Gasteiger partial charge in [-0.3, -0.25) is 0 Å². The molecule has 0 bridgehead atoms. The molecule has 2 rings (SSSR count). The van der Waals surface area contributed by atoms with Crippen molar-refractivity contribution in [1.29, 1.82) is 0 Å². The summed E-state index contributed by atoms with van der Waals surface area (Å²) in [5.74, 6) is 8.66.